The molecule has 0 spiro atoms. The van der Waals surface area contributed by atoms with E-state index in [0.29, 0.717) is 6.54 Å². The number of morpholine rings is 1. The Balaban J connectivity index is 1.59. The minimum absolute atomic E-state index is 0.579. The second-order valence-corrected chi connectivity index (χ2v) is 6.63. The summed E-state index contributed by atoms with van der Waals surface area (Å²) in [6.07, 6.45) is 4.62. The molecule has 0 N–H and O–H groups in total. The van der Waals surface area contributed by atoms with E-state index >= 15 is 0 Å². The molecule has 1 saturated heterocycles. The Labute approximate surface area is 153 Å². The number of pyridine rings is 1. The Morgan fingerprint density at radius 3 is 2.58 bits per heavy atom. The second kappa shape index (κ2) is 9.71. The number of hydrogen-bond donors (Lipinski definition) is 0. The predicted octanol–water partition coefficient (Wildman–Crippen LogP) is 3.08. The zero-order chi connectivity index (χ0) is 18.2. The highest BCUT2D eigenvalue weighted by Crippen LogP contribution is 2.14. The molecule has 1 aliphatic heterocycles. The van der Waals surface area contributed by atoms with Crippen LogP contribution in [0.25, 0.3) is 0 Å². The molecule has 0 unspecified atom stereocenters. The summed E-state index contributed by atoms with van der Waals surface area (Å²) in [5.41, 5.74) is 1.89. The molecule has 6 heteroatoms. The molecule has 0 saturated carbocycles. The molecule has 140 valence electrons. The Bertz CT molecular complexity index is 678. The lowest BCUT2D eigenvalue weighted by atomic mass is 10.1. The summed E-state index contributed by atoms with van der Waals surface area (Å²) in [7, 11) is 0. The summed E-state index contributed by atoms with van der Waals surface area (Å²) in [5, 5.41) is 0. The quantitative estimate of drug-likeness (QED) is 0.722. The van der Waals surface area contributed by atoms with Crippen molar-refractivity contribution in [3.05, 3.63) is 65.5 Å². The maximum atomic E-state index is 13.5. The number of nitrogens with zero attached hydrogens (tertiary/aromatic N) is 3. The van der Waals surface area contributed by atoms with E-state index in [0.717, 1.165) is 63.5 Å². The third kappa shape index (κ3) is 5.83. The summed E-state index contributed by atoms with van der Waals surface area (Å²) >= 11 is 0. The molecule has 3 rings (SSSR count). The lowest BCUT2D eigenvalue weighted by Gasteiger charge is -2.28. The summed E-state index contributed by atoms with van der Waals surface area (Å²) in [5.74, 6) is -1.60. The summed E-state index contributed by atoms with van der Waals surface area (Å²) in [6.45, 7) is 6.77. The molecule has 2 heterocycles. The van der Waals surface area contributed by atoms with Gasteiger partial charge in [-0.1, -0.05) is 12.1 Å². The minimum Gasteiger partial charge on any atom is -0.379 e. The van der Waals surface area contributed by atoms with E-state index in [4.69, 9.17) is 4.74 Å². The van der Waals surface area contributed by atoms with Crippen molar-refractivity contribution >= 4 is 0 Å². The van der Waals surface area contributed by atoms with Crippen molar-refractivity contribution in [1.29, 1.82) is 0 Å². The molecule has 0 atom stereocenters. The van der Waals surface area contributed by atoms with Crippen LogP contribution in [0.2, 0.25) is 0 Å². The smallest absolute Gasteiger partial charge is 0.159 e. The molecule has 0 aliphatic carbocycles. The molecular weight excluding hydrogens is 336 g/mol. The third-order valence-electron chi connectivity index (χ3n) is 4.57. The van der Waals surface area contributed by atoms with Crippen LogP contribution in [0.5, 0.6) is 0 Å². The van der Waals surface area contributed by atoms with Crippen molar-refractivity contribution in [3.63, 3.8) is 0 Å². The molecule has 4 nitrogen and oxygen atoms in total. The van der Waals surface area contributed by atoms with Crippen LogP contribution in [0.3, 0.4) is 0 Å². The summed E-state index contributed by atoms with van der Waals surface area (Å²) < 4.78 is 32.1. The number of ether oxygens (including phenoxy) is 1. The van der Waals surface area contributed by atoms with Crippen LogP contribution in [0.1, 0.15) is 17.5 Å². The van der Waals surface area contributed by atoms with E-state index in [1.54, 1.807) is 12.3 Å². The zero-order valence-electron chi connectivity index (χ0n) is 14.9. The van der Waals surface area contributed by atoms with Crippen molar-refractivity contribution in [2.45, 2.75) is 19.5 Å². The molecule has 0 amide bonds. The molecule has 1 aromatic carbocycles. The van der Waals surface area contributed by atoms with E-state index in [1.165, 1.54) is 12.1 Å². The maximum absolute atomic E-state index is 13.5. The highest BCUT2D eigenvalue weighted by molar-refractivity contribution is 5.18. The fraction of sp³-hybridized carbons (Fsp3) is 0.450. The van der Waals surface area contributed by atoms with Gasteiger partial charge in [-0.25, -0.2) is 8.78 Å². The van der Waals surface area contributed by atoms with Gasteiger partial charge in [0.05, 0.1) is 13.2 Å². The van der Waals surface area contributed by atoms with Crippen LogP contribution >= 0.6 is 0 Å². The highest BCUT2D eigenvalue weighted by Gasteiger charge is 2.13. The number of benzene rings is 1. The van der Waals surface area contributed by atoms with Crippen LogP contribution in [-0.2, 0) is 17.8 Å². The predicted molar refractivity (Wildman–Crippen MR) is 96.6 cm³/mol. The zero-order valence-corrected chi connectivity index (χ0v) is 14.9. The molecular formula is C20H25F2N3O. The number of hydrogen-bond acceptors (Lipinski definition) is 4. The van der Waals surface area contributed by atoms with Crippen LogP contribution in [0, 0.1) is 11.6 Å². The van der Waals surface area contributed by atoms with Crippen LogP contribution < -0.4 is 0 Å². The number of rotatable bonds is 8. The van der Waals surface area contributed by atoms with Gasteiger partial charge in [-0.15, -0.1) is 0 Å². The van der Waals surface area contributed by atoms with Gasteiger partial charge in [0.2, 0.25) is 0 Å². The molecule has 1 aromatic heterocycles. The average molecular weight is 361 g/mol. The summed E-state index contributed by atoms with van der Waals surface area (Å²) in [6, 6.07) is 8.08. The van der Waals surface area contributed by atoms with Gasteiger partial charge in [0, 0.05) is 45.1 Å². The van der Waals surface area contributed by atoms with Crippen LogP contribution in [-0.4, -0.2) is 54.2 Å². The van der Waals surface area contributed by atoms with Gasteiger partial charge >= 0.3 is 0 Å². The van der Waals surface area contributed by atoms with Gasteiger partial charge in [0.25, 0.3) is 0 Å². The highest BCUT2D eigenvalue weighted by atomic mass is 19.2. The maximum Gasteiger partial charge on any atom is 0.159 e. The van der Waals surface area contributed by atoms with E-state index in [-0.39, 0.29) is 0 Å². The average Bonchev–Trinajstić information content (AvgIpc) is 2.66. The van der Waals surface area contributed by atoms with Gasteiger partial charge in [-0.3, -0.25) is 14.8 Å². The standard InChI is InChI=1S/C20H25F2N3O/c21-19-5-4-17(13-20(19)22)15-25(16-18-3-1-6-23-14-18)8-2-7-24-9-11-26-12-10-24/h1,3-6,13-14H,2,7-12,15-16H2. The first-order valence-electron chi connectivity index (χ1n) is 9.06. The monoisotopic (exact) mass is 361 g/mol. The van der Waals surface area contributed by atoms with Crippen molar-refractivity contribution in [2.24, 2.45) is 0 Å². The van der Waals surface area contributed by atoms with Gasteiger partial charge in [0.15, 0.2) is 11.6 Å². The lowest BCUT2D eigenvalue weighted by molar-refractivity contribution is 0.0359. The van der Waals surface area contributed by atoms with Crippen molar-refractivity contribution < 1.29 is 13.5 Å². The summed E-state index contributed by atoms with van der Waals surface area (Å²) in [4.78, 5) is 8.83. The normalized spacial score (nSPS) is 15.5. The second-order valence-electron chi connectivity index (χ2n) is 6.63. The first-order valence-corrected chi connectivity index (χ1v) is 9.06. The minimum atomic E-state index is -0.806. The molecule has 0 bridgehead atoms. The number of aromatic nitrogens is 1. The van der Waals surface area contributed by atoms with Gasteiger partial charge in [-0.2, -0.15) is 0 Å². The van der Waals surface area contributed by atoms with E-state index in [9.17, 15) is 8.78 Å². The lowest BCUT2D eigenvalue weighted by Crippen LogP contribution is -2.38. The molecule has 0 radical (unpaired) electrons. The van der Waals surface area contributed by atoms with Gasteiger partial charge in [-0.05, 0) is 42.3 Å². The van der Waals surface area contributed by atoms with Crippen LogP contribution in [0.4, 0.5) is 8.78 Å². The van der Waals surface area contributed by atoms with E-state index < -0.39 is 11.6 Å². The Morgan fingerprint density at radius 1 is 1.04 bits per heavy atom. The fourth-order valence-corrected chi connectivity index (χ4v) is 3.20. The van der Waals surface area contributed by atoms with E-state index in [2.05, 4.69) is 14.8 Å². The fourth-order valence-electron chi connectivity index (χ4n) is 3.20. The topological polar surface area (TPSA) is 28.6 Å². The molecule has 26 heavy (non-hydrogen) atoms. The van der Waals surface area contributed by atoms with Crippen LogP contribution in [0.15, 0.2) is 42.7 Å². The Morgan fingerprint density at radius 2 is 1.85 bits per heavy atom. The first-order chi connectivity index (χ1) is 12.7. The van der Waals surface area contributed by atoms with Gasteiger partial charge < -0.3 is 4.74 Å². The largest absolute Gasteiger partial charge is 0.379 e. The van der Waals surface area contributed by atoms with Gasteiger partial charge in [0.1, 0.15) is 0 Å². The Hall–Kier alpha value is -1.89. The number of halogens is 2. The third-order valence-corrected chi connectivity index (χ3v) is 4.57. The first kappa shape index (κ1) is 18.9. The molecule has 1 aliphatic rings. The van der Waals surface area contributed by atoms with Crippen molar-refractivity contribution in [3.8, 4) is 0 Å². The molecule has 2 aromatic rings. The Kier molecular flexibility index (Phi) is 7.05. The van der Waals surface area contributed by atoms with Crippen molar-refractivity contribution in [1.82, 2.24) is 14.8 Å². The van der Waals surface area contributed by atoms with Crippen molar-refractivity contribution in [2.75, 3.05) is 39.4 Å². The molecule has 1 fully saturated rings. The SMILES string of the molecule is Fc1ccc(CN(CCCN2CCOCC2)Cc2cccnc2)cc1F. The van der Waals surface area contributed by atoms with E-state index in [1.807, 2.05) is 18.3 Å².